The zero-order chi connectivity index (χ0) is 24.1. The molecular weight excluding hydrogens is 458 g/mol. The van der Waals surface area contributed by atoms with E-state index < -0.39 is 9.84 Å². The van der Waals surface area contributed by atoms with Crippen LogP contribution in [0.1, 0.15) is 43.2 Å². The zero-order valence-corrected chi connectivity index (χ0v) is 20.1. The van der Waals surface area contributed by atoms with E-state index >= 15 is 0 Å². The van der Waals surface area contributed by atoms with Crippen LogP contribution in [-0.2, 0) is 9.84 Å². The van der Waals surface area contributed by atoms with Gasteiger partial charge in [0.25, 0.3) is 0 Å². The van der Waals surface area contributed by atoms with E-state index in [9.17, 15) is 8.42 Å². The van der Waals surface area contributed by atoms with Gasteiger partial charge in [0, 0.05) is 41.6 Å². The lowest BCUT2D eigenvalue weighted by atomic mass is 10.0. The number of H-pyrrole nitrogens is 1. The fraction of sp³-hybridized carbons (Fsp3) is 0.222. The van der Waals surface area contributed by atoms with Gasteiger partial charge in [-0.3, -0.25) is 0 Å². The Morgan fingerprint density at radius 1 is 0.886 bits per heavy atom. The maximum Gasteiger partial charge on any atom is 0.227 e. The van der Waals surface area contributed by atoms with Crippen LogP contribution >= 0.6 is 0 Å². The molecule has 7 nitrogen and oxygen atoms in total. The normalized spacial score (nSPS) is 14.9. The highest BCUT2D eigenvalue weighted by molar-refractivity contribution is 7.92. The van der Waals surface area contributed by atoms with Crippen LogP contribution in [0.5, 0.6) is 0 Å². The molecule has 0 unspecified atom stereocenters. The number of aromatic amines is 1. The van der Waals surface area contributed by atoms with Crippen molar-refractivity contribution in [2.24, 2.45) is 0 Å². The molecule has 1 fully saturated rings. The SMILES string of the molecule is O=S(=O)(c1ccc(Nc2ncc(/C=C/c3cccc(-c4ncc[nH]4)c3)cn2)cc1)C1CCCCC1. The summed E-state index contributed by atoms with van der Waals surface area (Å²) in [5.41, 5.74) is 3.67. The van der Waals surface area contributed by atoms with Gasteiger partial charge in [0.2, 0.25) is 5.95 Å². The topological polar surface area (TPSA) is 101 Å². The van der Waals surface area contributed by atoms with Crippen molar-refractivity contribution >= 4 is 33.6 Å². The summed E-state index contributed by atoms with van der Waals surface area (Å²) in [6, 6.07) is 14.9. The van der Waals surface area contributed by atoms with Crippen molar-refractivity contribution < 1.29 is 8.42 Å². The van der Waals surface area contributed by atoms with Crippen LogP contribution in [0, 0.1) is 0 Å². The minimum Gasteiger partial charge on any atom is -0.345 e. The van der Waals surface area contributed by atoms with Crippen LogP contribution in [-0.4, -0.2) is 33.6 Å². The largest absolute Gasteiger partial charge is 0.345 e. The lowest BCUT2D eigenvalue weighted by molar-refractivity contribution is 0.483. The van der Waals surface area contributed by atoms with Gasteiger partial charge in [0.15, 0.2) is 9.84 Å². The minimum absolute atomic E-state index is 0.258. The van der Waals surface area contributed by atoms with Gasteiger partial charge < -0.3 is 10.3 Å². The summed E-state index contributed by atoms with van der Waals surface area (Å²) >= 11 is 0. The van der Waals surface area contributed by atoms with Crippen molar-refractivity contribution in [3.05, 3.63) is 84.4 Å². The fourth-order valence-electron chi connectivity index (χ4n) is 4.32. The van der Waals surface area contributed by atoms with E-state index in [0.717, 1.165) is 60.3 Å². The van der Waals surface area contributed by atoms with E-state index in [0.29, 0.717) is 10.8 Å². The summed E-state index contributed by atoms with van der Waals surface area (Å²) in [6.45, 7) is 0. The first kappa shape index (κ1) is 23.0. The summed E-state index contributed by atoms with van der Waals surface area (Å²) in [5, 5.41) is 2.88. The molecule has 2 heterocycles. The van der Waals surface area contributed by atoms with Crippen molar-refractivity contribution in [3.8, 4) is 11.4 Å². The van der Waals surface area contributed by atoms with Gasteiger partial charge >= 0.3 is 0 Å². The Balaban J connectivity index is 1.22. The minimum atomic E-state index is -3.27. The first-order valence-corrected chi connectivity index (χ1v) is 13.3. The number of aromatic nitrogens is 4. The first-order valence-electron chi connectivity index (χ1n) is 11.8. The Kier molecular flexibility index (Phi) is 6.72. The summed E-state index contributed by atoms with van der Waals surface area (Å²) in [5.74, 6) is 1.28. The Morgan fingerprint density at radius 2 is 1.63 bits per heavy atom. The Morgan fingerprint density at radius 3 is 2.34 bits per heavy atom. The highest BCUT2D eigenvalue weighted by Crippen LogP contribution is 2.29. The summed E-state index contributed by atoms with van der Waals surface area (Å²) in [6.07, 6.45) is 15.6. The number of nitrogens with one attached hydrogen (secondary N) is 2. The van der Waals surface area contributed by atoms with Crippen LogP contribution in [0.15, 0.2) is 78.2 Å². The second-order valence-corrected chi connectivity index (χ2v) is 10.9. The van der Waals surface area contributed by atoms with Gasteiger partial charge in [-0.1, -0.05) is 49.6 Å². The second-order valence-electron chi connectivity index (χ2n) is 8.69. The van der Waals surface area contributed by atoms with Gasteiger partial charge in [-0.15, -0.1) is 0 Å². The van der Waals surface area contributed by atoms with Crippen LogP contribution in [0.25, 0.3) is 23.5 Å². The summed E-state index contributed by atoms with van der Waals surface area (Å²) in [4.78, 5) is 16.6. The van der Waals surface area contributed by atoms with Crippen molar-refractivity contribution in [2.75, 3.05) is 5.32 Å². The van der Waals surface area contributed by atoms with Gasteiger partial charge in [-0.25, -0.2) is 23.4 Å². The van der Waals surface area contributed by atoms with E-state index in [4.69, 9.17) is 0 Å². The van der Waals surface area contributed by atoms with Gasteiger partial charge in [0.1, 0.15) is 5.82 Å². The van der Waals surface area contributed by atoms with Gasteiger partial charge in [-0.2, -0.15) is 0 Å². The Bertz CT molecular complexity index is 1390. The monoisotopic (exact) mass is 485 g/mol. The predicted molar refractivity (Wildman–Crippen MR) is 139 cm³/mol. The Hall–Kier alpha value is -3.78. The van der Waals surface area contributed by atoms with Crippen LogP contribution in [0.4, 0.5) is 11.6 Å². The second kappa shape index (κ2) is 10.2. The maximum atomic E-state index is 12.9. The summed E-state index contributed by atoms with van der Waals surface area (Å²) in [7, 11) is -3.27. The molecule has 178 valence electrons. The number of benzene rings is 2. The van der Waals surface area contributed by atoms with Gasteiger partial charge in [-0.05, 0) is 48.7 Å². The quantitative estimate of drug-likeness (QED) is 0.339. The van der Waals surface area contributed by atoms with Crippen LogP contribution in [0.2, 0.25) is 0 Å². The molecule has 0 saturated heterocycles. The number of anilines is 2. The molecule has 2 N–H and O–H groups in total. The standard InChI is InChI=1S/C27H27N5O2S/c33-35(34,24-7-2-1-3-8-24)25-13-11-23(12-14-25)32-27-30-18-21(19-31-27)10-9-20-5-4-6-22(17-20)26-28-15-16-29-26/h4-6,9-19,24H,1-3,7-8H2,(H,28,29)(H,30,31,32)/b10-9+. The van der Waals surface area contributed by atoms with Crippen molar-refractivity contribution in [2.45, 2.75) is 42.2 Å². The molecule has 0 bridgehead atoms. The highest BCUT2D eigenvalue weighted by Gasteiger charge is 2.28. The van der Waals surface area contributed by atoms with E-state index in [1.54, 1.807) is 49.1 Å². The molecule has 5 rings (SSSR count). The number of imidazole rings is 1. The molecule has 1 aliphatic rings. The first-order chi connectivity index (χ1) is 17.1. The van der Waals surface area contributed by atoms with E-state index in [-0.39, 0.29) is 5.25 Å². The molecule has 0 aliphatic heterocycles. The average Bonchev–Trinajstić information content (AvgIpc) is 3.45. The number of hydrogen-bond acceptors (Lipinski definition) is 6. The number of hydrogen-bond donors (Lipinski definition) is 2. The molecule has 4 aromatic rings. The fourth-order valence-corrected chi connectivity index (χ4v) is 6.17. The zero-order valence-electron chi connectivity index (χ0n) is 19.3. The van der Waals surface area contributed by atoms with E-state index in [1.165, 1.54) is 0 Å². The molecule has 35 heavy (non-hydrogen) atoms. The van der Waals surface area contributed by atoms with Gasteiger partial charge in [0.05, 0.1) is 10.1 Å². The molecule has 2 aromatic heterocycles. The third-order valence-electron chi connectivity index (χ3n) is 6.23. The lowest BCUT2D eigenvalue weighted by Gasteiger charge is -2.21. The molecule has 0 atom stereocenters. The highest BCUT2D eigenvalue weighted by atomic mass is 32.2. The maximum absolute atomic E-state index is 12.9. The van der Waals surface area contributed by atoms with Crippen LogP contribution in [0.3, 0.4) is 0 Å². The van der Waals surface area contributed by atoms with Crippen molar-refractivity contribution in [1.82, 2.24) is 19.9 Å². The number of sulfone groups is 1. The molecular formula is C27H27N5O2S. The summed E-state index contributed by atoms with van der Waals surface area (Å²) < 4.78 is 25.8. The molecule has 8 heteroatoms. The predicted octanol–water partition coefficient (Wildman–Crippen LogP) is 5.89. The molecule has 2 aromatic carbocycles. The van der Waals surface area contributed by atoms with Crippen molar-refractivity contribution in [1.29, 1.82) is 0 Å². The van der Waals surface area contributed by atoms with E-state index in [1.807, 2.05) is 30.4 Å². The molecule has 0 spiro atoms. The van der Waals surface area contributed by atoms with E-state index in [2.05, 4.69) is 31.3 Å². The van der Waals surface area contributed by atoms with Crippen LogP contribution < -0.4 is 5.32 Å². The molecule has 0 radical (unpaired) electrons. The number of nitrogens with zero attached hydrogens (tertiary/aromatic N) is 3. The third kappa shape index (κ3) is 5.49. The Labute approximate surface area is 205 Å². The van der Waals surface area contributed by atoms with Crippen molar-refractivity contribution in [3.63, 3.8) is 0 Å². The smallest absolute Gasteiger partial charge is 0.227 e. The lowest BCUT2D eigenvalue weighted by Crippen LogP contribution is -2.24. The molecule has 1 aliphatic carbocycles. The molecule has 1 saturated carbocycles. The average molecular weight is 486 g/mol. The third-order valence-corrected chi connectivity index (χ3v) is 8.51. The number of rotatable bonds is 7. The molecule has 0 amide bonds.